The van der Waals surface area contributed by atoms with Crippen LogP contribution in [0.2, 0.25) is 19.1 Å². The Bertz CT molecular complexity index is 115. The molecule has 2 nitrogen and oxygen atoms in total. The van der Waals surface area contributed by atoms with E-state index in [2.05, 4.69) is 20.0 Å². The second-order valence-corrected chi connectivity index (χ2v) is 8.22. The smallest absolute Gasteiger partial charge is 0.186 e. The van der Waals surface area contributed by atoms with E-state index in [1.54, 1.807) is 0 Å². The molecule has 0 rings (SSSR count). The van der Waals surface area contributed by atoms with Crippen LogP contribution in [0.25, 0.3) is 0 Å². The summed E-state index contributed by atoms with van der Waals surface area (Å²) in [6.07, 6.45) is 2.28. The number of ether oxygens (including phenoxy) is 1. The topological polar surface area (TPSA) is 18.5 Å². The first kappa shape index (κ1) is 13.1. The van der Waals surface area contributed by atoms with Crippen LogP contribution >= 0.6 is 0 Å². The molecule has 0 aliphatic heterocycles. The molecule has 0 amide bonds. The molecule has 0 aliphatic rings. The van der Waals surface area contributed by atoms with Gasteiger partial charge in [-0.2, -0.15) is 0 Å². The molecule has 13 heavy (non-hydrogen) atoms. The average Bonchev–Trinajstić information content (AvgIpc) is 2.04. The van der Waals surface area contributed by atoms with Gasteiger partial charge in [-0.1, -0.05) is 13.3 Å². The second-order valence-electron chi connectivity index (χ2n) is 3.91. The van der Waals surface area contributed by atoms with Crippen LogP contribution in [-0.4, -0.2) is 28.1 Å². The van der Waals surface area contributed by atoms with E-state index in [9.17, 15) is 0 Å². The maximum absolute atomic E-state index is 5.88. The third kappa shape index (κ3) is 8.47. The van der Waals surface area contributed by atoms with Crippen LogP contribution in [0, 0.1) is 0 Å². The molecule has 80 valence electrons. The molecule has 0 aromatic carbocycles. The lowest BCUT2D eigenvalue weighted by Crippen LogP contribution is -2.30. The van der Waals surface area contributed by atoms with Gasteiger partial charge in [0.15, 0.2) is 8.32 Å². The van der Waals surface area contributed by atoms with Crippen molar-refractivity contribution in [1.29, 1.82) is 0 Å². The Kier molecular flexibility index (Phi) is 7.61. The van der Waals surface area contributed by atoms with Gasteiger partial charge < -0.3 is 9.16 Å². The second kappa shape index (κ2) is 7.53. The Morgan fingerprint density at radius 2 is 1.77 bits per heavy atom. The molecule has 0 aromatic rings. The van der Waals surface area contributed by atoms with E-state index < -0.39 is 8.32 Å². The zero-order valence-corrected chi connectivity index (χ0v) is 10.6. The van der Waals surface area contributed by atoms with Crippen molar-refractivity contribution in [1.82, 2.24) is 0 Å². The molecule has 0 bridgehead atoms. The van der Waals surface area contributed by atoms with Gasteiger partial charge in [0.2, 0.25) is 0 Å². The average molecular weight is 204 g/mol. The van der Waals surface area contributed by atoms with E-state index in [1.807, 2.05) is 6.92 Å². The molecule has 0 atom stereocenters. The molecule has 0 aromatic heterocycles. The molecule has 0 fully saturated rings. The van der Waals surface area contributed by atoms with E-state index in [4.69, 9.17) is 9.16 Å². The summed E-state index contributed by atoms with van der Waals surface area (Å²) in [6.45, 7) is 11.4. The fraction of sp³-hybridized carbons (Fsp3) is 1.00. The Balaban J connectivity index is 3.29. The molecule has 0 radical (unpaired) electrons. The van der Waals surface area contributed by atoms with Crippen molar-refractivity contribution in [2.45, 2.75) is 45.8 Å². The standard InChI is InChI=1S/C10H24O2Si/c1-5-10-13(3,4)12-9-7-8-11-6-2/h5-10H2,1-4H3. The first-order valence-electron chi connectivity index (χ1n) is 5.34. The highest BCUT2D eigenvalue weighted by atomic mass is 28.4. The maximum Gasteiger partial charge on any atom is 0.186 e. The van der Waals surface area contributed by atoms with Crippen LogP contribution in [-0.2, 0) is 9.16 Å². The summed E-state index contributed by atoms with van der Waals surface area (Å²) in [5, 5.41) is 0. The zero-order chi connectivity index (χ0) is 10.2. The molecule has 0 aliphatic carbocycles. The predicted molar refractivity (Wildman–Crippen MR) is 59.6 cm³/mol. The summed E-state index contributed by atoms with van der Waals surface area (Å²) >= 11 is 0. The highest BCUT2D eigenvalue weighted by molar-refractivity contribution is 6.71. The molecule has 0 saturated carbocycles. The van der Waals surface area contributed by atoms with Crippen molar-refractivity contribution in [3.63, 3.8) is 0 Å². The lowest BCUT2D eigenvalue weighted by Gasteiger charge is -2.21. The molecular formula is C10H24O2Si. The van der Waals surface area contributed by atoms with Crippen molar-refractivity contribution in [2.75, 3.05) is 19.8 Å². The fourth-order valence-electron chi connectivity index (χ4n) is 1.33. The minimum Gasteiger partial charge on any atom is -0.417 e. The summed E-state index contributed by atoms with van der Waals surface area (Å²) in [7, 11) is -1.32. The van der Waals surface area contributed by atoms with Gasteiger partial charge >= 0.3 is 0 Å². The van der Waals surface area contributed by atoms with E-state index in [1.165, 1.54) is 12.5 Å². The van der Waals surface area contributed by atoms with Crippen molar-refractivity contribution in [3.8, 4) is 0 Å². The fourth-order valence-corrected chi connectivity index (χ4v) is 3.37. The van der Waals surface area contributed by atoms with Crippen LogP contribution in [0.3, 0.4) is 0 Å². The van der Waals surface area contributed by atoms with Crippen molar-refractivity contribution in [3.05, 3.63) is 0 Å². The van der Waals surface area contributed by atoms with Crippen LogP contribution in [0.15, 0.2) is 0 Å². The first-order chi connectivity index (χ1) is 6.12. The lowest BCUT2D eigenvalue weighted by molar-refractivity contribution is 0.129. The van der Waals surface area contributed by atoms with Gasteiger partial charge in [-0.05, 0) is 32.5 Å². The number of hydrogen-bond donors (Lipinski definition) is 0. The van der Waals surface area contributed by atoms with Gasteiger partial charge in [0.1, 0.15) is 0 Å². The molecule has 0 unspecified atom stereocenters. The largest absolute Gasteiger partial charge is 0.417 e. The third-order valence-electron chi connectivity index (χ3n) is 1.98. The van der Waals surface area contributed by atoms with Crippen molar-refractivity contribution in [2.24, 2.45) is 0 Å². The summed E-state index contributed by atoms with van der Waals surface area (Å²) in [4.78, 5) is 0. The summed E-state index contributed by atoms with van der Waals surface area (Å²) in [6, 6.07) is 1.27. The summed E-state index contributed by atoms with van der Waals surface area (Å²) in [5.41, 5.74) is 0. The molecular weight excluding hydrogens is 180 g/mol. The van der Waals surface area contributed by atoms with Crippen LogP contribution < -0.4 is 0 Å². The van der Waals surface area contributed by atoms with E-state index in [-0.39, 0.29) is 0 Å². The Hall–Kier alpha value is 0.137. The van der Waals surface area contributed by atoms with Crippen LogP contribution in [0.4, 0.5) is 0 Å². The van der Waals surface area contributed by atoms with Gasteiger partial charge in [-0.25, -0.2) is 0 Å². The minimum absolute atomic E-state index is 0.815. The Morgan fingerprint density at radius 3 is 2.31 bits per heavy atom. The normalized spacial score (nSPS) is 12.0. The zero-order valence-electron chi connectivity index (χ0n) is 9.56. The molecule has 0 heterocycles. The van der Waals surface area contributed by atoms with Crippen molar-refractivity contribution < 1.29 is 9.16 Å². The summed E-state index contributed by atoms with van der Waals surface area (Å²) in [5.74, 6) is 0. The molecule has 3 heteroatoms. The van der Waals surface area contributed by atoms with Crippen molar-refractivity contribution >= 4 is 8.32 Å². The third-order valence-corrected chi connectivity index (χ3v) is 4.67. The highest BCUT2D eigenvalue weighted by Crippen LogP contribution is 2.13. The van der Waals surface area contributed by atoms with E-state index in [0.717, 1.165) is 26.2 Å². The van der Waals surface area contributed by atoms with Gasteiger partial charge in [0.25, 0.3) is 0 Å². The monoisotopic (exact) mass is 204 g/mol. The number of rotatable bonds is 8. The molecule has 0 N–H and O–H groups in total. The lowest BCUT2D eigenvalue weighted by atomic mass is 10.5. The molecule has 0 spiro atoms. The van der Waals surface area contributed by atoms with Gasteiger partial charge in [0, 0.05) is 19.8 Å². The molecule has 0 saturated heterocycles. The highest BCUT2D eigenvalue weighted by Gasteiger charge is 2.20. The van der Waals surface area contributed by atoms with Gasteiger partial charge in [-0.3, -0.25) is 0 Å². The SMILES string of the molecule is CCC[Si](C)(C)OCCCOCC. The van der Waals surface area contributed by atoms with E-state index >= 15 is 0 Å². The predicted octanol–water partition coefficient (Wildman–Crippen LogP) is 3.04. The maximum atomic E-state index is 5.88. The van der Waals surface area contributed by atoms with Crippen LogP contribution in [0.5, 0.6) is 0 Å². The Morgan fingerprint density at radius 1 is 1.08 bits per heavy atom. The number of hydrogen-bond acceptors (Lipinski definition) is 2. The van der Waals surface area contributed by atoms with Crippen LogP contribution in [0.1, 0.15) is 26.7 Å². The summed E-state index contributed by atoms with van der Waals surface area (Å²) < 4.78 is 11.1. The van der Waals surface area contributed by atoms with Gasteiger partial charge in [0.05, 0.1) is 0 Å². The van der Waals surface area contributed by atoms with Gasteiger partial charge in [-0.15, -0.1) is 0 Å². The first-order valence-corrected chi connectivity index (χ1v) is 8.45. The minimum atomic E-state index is -1.32. The Labute approximate surface area is 83.8 Å². The quantitative estimate of drug-likeness (QED) is 0.447. The van der Waals surface area contributed by atoms with E-state index in [0.29, 0.717) is 0 Å².